The number of morpholine rings is 1. The Hall–Kier alpha value is -1.13. The molecule has 1 aliphatic rings. The third-order valence-corrected chi connectivity index (χ3v) is 3.53. The molecule has 112 valence electrons. The number of hydrogen-bond donors (Lipinski definition) is 1. The van der Waals surface area contributed by atoms with Gasteiger partial charge in [0.15, 0.2) is 0 Å². The Morgan fingerprint density at radius 1 is 1.50 bits per heavy atom. The van der Waals surface area contributed by atoms with Gasteiger partial charge in [-0.3, -0.25) is 0 Å². The molecule has 4 heteroatoms. The fraction of sp³-hybridized carbons (Fsp3) is 0.688. The zero-order valence-electron chi connectivity index (χ0n) is 13.1. The lowest BCUT2D eigenvalue weighted by Crippen LogP contribution is -2.41. The molecule has 1 aliphatic heterocycles. The van der Waals surface area contributed by atoms with Crippen LogP contribution in [0.5, 0.6) is 0 Å². The number of nitrogens with one attached hydrogen (secondary N) is 1. The monoisotopic (exact) mass is 277 g/mol. The van der Waals surface area contributed by atoms with Crippen molar-refractivity contribution in [1.82, 2.24) is 10.3 Å². The second kappa shape index (κ2) is 7.04. The molecule has 2 rings (SSSR count). The molecule has 1 fully saturated rings. The van der Waals surface area contributed by atoms with E-state index in [0.717, 1.165) is 38.6 Å². The van der Waals surface area contributed by atoms with Crippen molar-refractivity contribution in [3.05, 3.63) is 23.4 Å². The molecule has 1 N–H and O–H groups in total. The van der Waals surface area contributed by atoms with E-state index in [-0.39, 0.29) is 6.10 Å². The number of rotatable bonds is 5. The summed E-state index contributed by atoms with van der Waals surface area (Å²) in [6.45, 7) is 13.3. The van der Waals surface area contributed by atoms with Crippen molar-refractivity contribution in [2.75, 3.05) is 31.1 Å². The molecule has 20 heavy (non-hydrogen) atoms. The third kappa shape index (κ3) is 4.18. The lowest BCUT2D eigenvalue weighted by atomic mass is 10.1. The van der Waals surface area contributed by atoms with Crippen LogP contribution in [0.3, 0.4) is 0 Å². The van der Waals surface area contributed by atoms with Crippen molar-refractivity contribution in [2.24, 2.45) is 5.92 Å². The summed E-state index contributed by atoms with van der Waals surface area (Å²) >= 11 is 0. The number of ether oxygens (including phenoxy) is 1. The SMILES string of the molecule is Cc1cc(CNCC(C)C)cnc1N1CCOC(C)C1. The molecule has 1 aromatic rings. The average molecular weight is 277 g/mol. The van der Waals surface area contributed by atoms with Crippen molar-refractivity contribution in [1.29, 1.82) is 0 Å². The molecule has 0 amide bonds. The van der Waals surface area contributed by atoms with E-state index in [1.54, 1.807) is 0 Å². The van der Waals surface area contributed by atoms with Crippen LogP contribution in [0.4, 0.5) is 5.82 Å². The van der Waals surface area contributed by atoms with Crippen molar-refractivity contribution < 1.29 is 4.74 Å². The number of nitrogens with zero attached hydrogens (tertiary/aromatic N) is 2. The molecule has 0 aliphatic carbocycles. The Balaban J connectivity index is 1.98. The highest BCUT2D eigenvalue weighted by Crippen LogP contribution is 2.20. The first-order valence-electron chi connectivity index (χ1n) is 7.59. The van der Waals surface area contributed by atoms with Crippen LogP contribution in [0.1, 0.15) is 31.9 Å². The number of anilines is 1. The van der Waals surface area contributed by atoms with Gasteiger partial charge in [-0.25, -0.2) is 4.98 Å². The third-order valence-electron chi connectivity index (χ3n) is 3.53. The zero-order valence-corrected chi connectivity index (χ0v) is 13.1. The van der Waals surface area contributed by atoms with Gasteiger partial charge >= 0.3 is 0 Å². The summed E-state index contributed by atoms with van der Waals surface area (Å²) in [5.74, 6) is 1.78. The van der Waals surface area contributed by atoms with E-state index < -0.39 is 0 Å². The van der Waals surface area contributed by atoms with E-state index >= 15 is 0 Å². The van der Waals surface area contributed by atoms with E-state index in [4.69, 9.17) is 4.74 Å². The number of pyridine rings is 1. The average Bonchev–Trinajstić information content (AvgIpc) is 2.38. The molecular weight excluding hydrogens is 250 g/mol. The van der Waals surface area contributed by atoms with Gasteiger partial charge in [0, 0.05) is 25.8 Å². The Kier molecular flexibility index (Phi) is 5.38. The van der Waals surface area contributed by atoms with Crippen molar-refractivity contribution in [3.63, 3.8) is 0 Å². The number of hydrogen-bond acceptors (Lipinski definition) is 4. The zero-order chi connectivity index (χ0) is 14.5. The van der Waals surface area contributed by atoms with Crippen LogP contribution in [0.2, 0.25) is 0 Å². The molecule has 0 radical (unpaired) electrons. The fourth-order valence-corrected chi connectivity index (χ4v) is 2.57. The van der Waals surface area contributed by atoms with Crippen molar-refractivity contribution in [3.8, 4) is 0 Å². The molecule has 2 heterocycles. The first-order chi connectivity index (χ1) is 9.56. The summed E-state index contributed by atoms with van der Waals surface area (Å²) in [6.07, 6.45) is 2.29. The summed E-state index contributed by atoms with van der Waals surface area (Å²) in [5, 5.41) is 3.46. The first kappa shape index (κ1) is 15.3. The first-order valence-corrected chi connectivity index (χ1v) is 7.59. The maximum atomic E-state index is 5.59. The predicted molar refractivity (Wildman–Crippen MR) is 83.1 cm³/mol. The Bertz CT molecular complexity index is 434. The lowest BCUT2D eigenvalue weighted by Gasteiger charge is -2.33. The van der Waals surface area contributed by atoms with E-state index in [9.17, 15) is 0 Å². The lowest BCUT2D eigenvalue weighted by molar-refractivity contribution is 0.0529. The van der Waals surface area contributed by atoms with Gasteiger partial charge in [-0.2, -0.15) is 0 Å². The molecular formula is C16H27N3O. The smallest absolute Gasteiger partial charge is 0.131 e. The van der Waals surface area contributed by atoms with Gasteiger partial charge in [-0.15, -0.1) is 0 Å². The van der Waals surface area contributed by atoms with Crippen LogP contribution in [0.15, 0.2) is 12.3 Å². The van der Waals surface area contributed by atoms with Crippen LogP contribution in [-0.2, 0) is 11.3 Å². The molecule has 0 bridgehead atoms. The molecule has 0 aromatic carbocycles. The van der Waals surface area contributed by atoms with E-state index in [2.05, 4.69) is 49.0 Å². The standard InChI is InChI=1S/C16H27N3O/c1-12(2)8-17-9-15-7-13(3)16(18-10-15)19-5-6-20-14(4)11-19/h7,10,12,14,17H,5-6,8-9,11H2,1-4H3. The maximum Gasteiger partial charge on any atom is 0.131 e. The van der Waals surface area contributed by atoms with Crippen molar-refractivity contribution >= 4 is 5.82 Å². The summed E-state index contributed by atoms with van der Waals surface area (Å²) in [4.78, 5) is 6.99. The molecule has 1 aromatic heterocycles. The summed E-state index contributed by atoms with van der Waals surface area (Å²) in [5.41, 5.74) is 2.51. The number of aryl methyl sites for hydroxylation is 1. The fourth-order valence-electron chi connectivity index (χ4n) is 2.57. The van der Waals surface area contributed by atoms with Gasteiger partial charge in [0.2, 0.25) is 0 Å². The second-order valence-corrected chi connectivity index (χ2v) is 6.14. The van der Waals surface area contributed by atoms with Gasteiger partial charge in [0.25, 0.3) is 0 Å². The van der Waals surface area contributed by atoms with Gasteiger partial charge < -0.3 is 15.0 Å². The van der Waals surface area contributed by atoms with Gasteiger partial charge in [0.05, 0.1) is 12.7 Å². The minimum Gasteiger partial charge on any atom is -0.375 e. The van der Waals surface area contributed by atoms with Gasteiger partial charge in [-0.05, 0) is 43.5 Å². The highest BCUT2D eigenvalue weighted by atomic mass is 16.5. The van der Waals surface area contributed by atoms with Crippen LogP contribution in [-0.4, -0.2) is 37.3 Å². The summed E-state index contributed by atoms with van der Waals surface area (Å²) < 4.78 is 5.59. The molecule has 0 saturated carbocycles. The largest absolute Gasteiger partial charge is 0.375 e. The Morgan fingerprint density at radius 3 is 2.95 bits per heavy atom. The Labute approximate surface area is 122 Å². The normalized spacial score (nSPS) is 19.6. The molecule has 1 unspecified atom stereocenters. The van der Waals surface area contributed by atoms with E-state index in [1.807, 2.05) is 6.20 Å². The molecule has 0 spiro atoms. The molecule has 1 atom stereocenters. The minimum atomic E-state index is 0.289. The maximum absolute atomic E-state index is 5.59. The minimum absolute atomic E-state index is 0.289. The van der Waals surface area contributed by atoms with E-state index in [1.165, 1.54) is 11.1 Å². The van der Waals surface area contributed by atoms with Gasteiger partial charge in [-0.1, -0.05) is 13.8 Å². The molecule has 4 nitrogen and oxygen atoms in total. The quantitative estimate of drug-likeness (QED) is 0.896. The van der Waals surface area contributed by atoms with Crippen LogP contribution >= 0.6 is 0 Å². The second-order valence-electron chi connectivity index (χ2n) is 6.14. The van der Waals surface area contributed by atoms with Crippen molar-refractivity contribution in [2.45, 2.75) is 40.3 Å². The van der Waals surface area contributed by atoms with Gasteiger partial charge in [0.1, 0.15) is 5.82 Å². The van der Waals surface area contributed by atoms with Crippen LogP contribution < -0.4 is 10.2 Å². The topological polar surface area (TPSA) is 37.4 Å². The highest BCUT2D eigenvalue weighted by Gasteiger charge is 2.19. The summed E-state index contributed by atoms with van der Waals surface area (Å²) in [6, 6.07) is 2.25. The van der Waals surface area contributed by atoms with Crippen LogP contribution in [0, 0.1) is 12.8 Å². The van der Waals surface area contributed by atoms with E-state index in [0.29, 0.717) is 5.92 Å². The highest BCUT2D eigenvalue weighted by molar-refractivity contribution is 5.47. The van der Waals surface area contributed by atoms with Crippen LogP contribution in [0.25, 0.3) is 0 Å². The predicted octanol–water partition coefficient (Wildman–Crippen LogP) is 2.36. The summed E-state index contributed by atoms with van der Waals surface area (Å²) in [7, 11) is 0. The number of aromatic nitrogens is 1. The Morgan fingerprint density at radius 2 is 2.30 bits per heavy atom. The molecule has 1 saturated heterocycles.